The third-order valence-corrected chi connectivity index (χ3v) is 5.11. The molecule has 2 N–H and O–H groups in total. The van der Waals surface area contributed by atoms with Gasteiger partial charge in [0, 0.05) is 6.42 Å². The second-order valence-electron chi connectivity index (χ2n) is 7.48. The Bertz CT molecular complexity index is 948. The van der Waals surface area contributed by atoms with Crippen LogP contribution in [0.1, 0.15) is 40.0 Å². The molecule has 12 heteroatoms. The fourth-order valence-electron chi connectivity index (χ4n) is 3.46. The minimum absolute atomic E-state index is 0.0457. The van der Waals surface area contributed by atoms with E-state index in [2.05, 4.69) is 5.32 Å². The summed E-state index contributed by atoms with van der Waals surface area (Å²) in [4.78, 5) is 60.1. The first-order chi connectivity index (χ1) is 16.4. The van der Waals surface area contributed by atoms with Crippen molar-refractivity contribution in [1.82, 2.24) is 10.2 Å². The monoisotopic (exact) mass is 478 g/mol. The minimum Gasteiger partial charge on any atom is -0.491 e. The maximum Gasteiger partial charge on any atom is 0.305 e. The number of piperidine rings is 1. The zero-order chi connectivity index (χ0) is 24.5. The molecule has 0 radical (unpaired) electrons. The van der Waals surface area contributed by atoms with Gasteiger partial charge < -0.3 is 24.1 Å². The summed E-state index contributed by atoms with van der Waals surface area (Å²) in [5.41, 5.74) is 0.328. The van der Waals surface area contributed by atoms with Gasteiger partial charge in [0.05, 0.1) is 57.2 Å². The number of benzene rings is 1. The number of hydrogen-bond donors (Lipinski definition) is 2. The van der Waals surface area contributed by atoms with Gasteiger partial charge in [0.2, 0.25) is 11.8 Å². The van der Waals surface area contributed by atoms with Gasteiger partial charge >= 0.3 is 5.97 Å². The van der Waals surface area contributed by atoms with E-state index in [-0.39, 0.29) is 50.2 Å². The van der Waals surface area contributed by atoms with E-state index in [1.165, 1.54) is 12.1 Å². The van der Waals surface area contributed by atoms with Crippen molar-refractivity contribution in [2.75, 3.05) is 46.2 Å². The number of aliphatic carboxylic acids is 1. The van der Waals surface area contributed by atoms with E-state index >= 15 is 0 Å². The zero-order valence-electron chi connectivity index (χ0n) is 18.4. The molecule has 2 aliphatic rings. The van der Waals surface area contributed by atoms with E-state index in [9.17, 15) is 24.0 Å². The smallest absolute Gasteiger partial charge is 0.305 e. The molecule has 1 fully saturated rings. The molecular formula is C22H26N2O10. The van der Waals surface area contributed by atoms with Gasteiger partial charge in [0.15, 0.2) is 0 Å². The molecule has 2 heterocycles. The van der Waals surface area contributed by atoms with Gasteiger partial charge in [-0.1, -0.05) is 0 Å². The molecule has 3 rings (SSSR count). The Balaban J connectivity index is 1.36. The lowest BCUT2D eigenvalue weighted by atomic mass is 10.0. The predicted molar refractivity (Wildman–Crippen MR) is 113 cm³/mol. The molecule has 1 unspecified atom stereocenters. The highest BCUT2D eigenvalue weighted by atomic mass is 16.6. The number of hydrogen-bond acceptors (Lipinski definition) is 9. The topological polar surface area (TPSA) is 158 Å². The number of carboxylic acids is 1. The van der Waals surface area contributed by atoms with Gasteiger partial charge in [-0.2, -0.15) is 0 Å². The zero-order valence-corrected chi connectivity index (χ0v) is 18.4. The van der Waals surface area contributed by atoms with Crippen LogP contribution >= 0.6 is 0 Å². The molecule has 0 spiro atoms. The Kier molecular flexibility index (Phi) is 9.08. The number of ether oxygens (including phenoxy) is 4. The molecule has 2 aliphatic heterocycles. The maximum absolute atomic E-state index is 12.8. The molecule has 0 bridgehead atoms. The van der Waals surface area contributed by atoms with Crippen LogP contribution in [-0.2, 0) is 28.6 Å². The summed E-state index contributed by atoms with van der Waals surface area (Å²) in [6, 6.07) is 3.48. The molecule has 1 saturated heterocycles. The van der Waals surface area contributed by atoms with Crippen LogP contribution in [-0.4, -0.2) is 91.9 Å². The fourth-order valence-corrected chi connectivity index (χ4v) is 3.46. The van der Waals surface area contributed by atoms with Crippen molar-refractivity contribution in [1.29, 1.82) is 0 Å². The number of rotatable bonds is 14. The van der Waals surface area contributed by atoms with E-state index in [0.29, 0.717) is 32.2 Å². The molecule has 1 aromatic rings. The Morgan fingerprint density at radius 2 is 1.53 bits per heavy atom. The van der Waals surface area contributed by atoms with E-state index < -0.39 is 35.6 Å². The highest BCUT2D eigenvalue weighted by Crippen LogP contribution is 2.30. The summed E-state index contributed by atoms with van der Waals surface area (Å²) in [6.07, 6.45) is 0.109. The van der Waals surface area contributed by atoms with Crippen LogP contribution in [0, 0.1) is 0 Å². The van der Waals surface area contributed by atoms with Crippen LogP contribution in [0.4, 0.5) is 0 Å². The van der Waals surface area contributed by atoms with Crippen LogP contribution in [0.25, 0.3) is 0 Å². The lowest BCUT2D eigenvalue weighted by Gasteiger charge is -2.27. The molecule has 4 amide bonds. The van der Waals surface area contributed by atoms with Crippen LogP contribution in [0.15, 0.2) is 18.2 Å². The first kappa shape index (κ1) is 25.3. The molecule has 1 aromatic carbocycles. The van der Waals surface area contributed by atoms with Crippen LogP contribution in [0.5, 0.6) is 5.75 Å². The highest BCUT2D eigenvalue weighted by Gasteiger charge is 2.44. The minimum atomic E-state index is -1.01. The number of nitrogens with zero attached hydrogens (tertiary/aromatic N) is 1. The summed E-state index contributed by atoms with van der Waals surface area (Å²) < 4.78 is 21.4. The third kappa shape index (κ3) is 6.59. The maximum atomic E-state index is 12.8. The van der Waals surface area contributed by atoms with Crippen molar-refractivity contribution < 1.29 is 48.0 Å². The predicted octanol–water partition coefficient (Wildman–Crippen LogP) is -0.00890. The number of nitrogens with one attached hydrogen (secondary N) is 1. The van der Waals surface area contributed by atoms with Gasteiger partial charge in [-0.25, -0.2) is 0 Å². The second-order valence-corrected chi connectivity index (χ2v) is 7.48. The highest BCUT2D eigenvalue weighted by molar-refractivity contribution is 6.23. The van der Waals surface area contributed by atoms with Gasteiger partial charge in [0.1, 0.15) is 18.4 Å². The summed E-state index contributed by atoms with van der Waals surface area (Å²) in [5.74, 6) is -2.79. The van der Waals surface area contributed by atoms with Crippen molar-refractivity contribution in [3.8, 4) is 5.75 Å². The fraction of sp³-hybridized carbons (Fsp3) is 0.500. The molecular weight excluding hydrogens is 452 g/mol. The summed E-state index contributed by atoms with van der Waals surface area (Å²) in [6.45, 7) is 1.92. The van der Waals surface area contributed by atoms with Gasteiger partial charge in [-0.15, -0.1) is 0 Å². The molecule has 34 heavy (non-hydrogen) atoms. The molecule has 0 aromatic heterocycles. The standard InChI is InChI=1S/C22H26N2O10/c25-18-4-3-17(20(28)23-18)24-21(29)15-2-1-14(13-16(15)22(24)30)34-12-11-33-10-9-32-8-7-31-6-5-19(26)27/h1-2,13,17H,3-12H2,(H,26,27)(H,23,25,28). The van der Waals surface area contributed by atoms with Crippen molar-refractivity contribution in [3.05, 3.63) is 29.3 Å². The van der Waals surface area contributed by atoms with Crippen LogP contribution in [0.2, 0.25) is 0 Å². The first-order valence-electron chi connectivity index (χ1n) is 10.8. The van der Waals surface area contributed by atoms with Gasteiger partial charge in [-0.3, -0.25) is 34.2 Å². The van der Waals surface area contributed by atoms with Crippen LogP contribution in [0.3, 0.4) is 0 Å². The van der Waals surface area contributed by atoms with Crippen molar-refractivity contribution in [2.45, 2.75) is 25.3 Å². The average molecular weight is 478 g/mol. The number of carboxylic acid groups (broad SMARTS) is 1. The summed E-state index contributed by atoms with van der Waals surface area (Å²) in [5, 5.41) is 10.6. The molecule has 184 valence electrons. The van der Waals surface area contributed by atoms with E-state index in [0.717, 1.165) is 4.90 Å². The number of carbonyl (C=O) groups is 5. The first-order valence-corrected chi connectivity index (χ1v) is 10.8. The Labute approximate surface area is 195 Å². The normalized spacial score (nSPS) is 17.6. The third-order valence-electron chi connectivity index (χ3n) is 5.11. The number of carbonyl (C=O) groups excluding carboxylic acids is 4. The number of amides is 4. The molecule has 12 nitrogen and oxygen atoms in total. The lowest BCUT2D eigenvalue weighted by molar-refractivity contribution is -0.138. The van der Waals surface area contributed by atoms with Crippen molar-refractivity contribution in [2.24, 2.45) is 0 Å². The quantitative estimate of drug-likeness (QED) is 0.275. The molecule has 0 saturated carbocycles. The van der Waals surface area contributed by atoms with E-state index in [1.807, 2.05) is 0 Å². The van der Waals surface area contributed by atoms with E-state index in [1.54, 1.807) is 6.07 Å². The Hall–Kier alpha value is -3.35. The number of imide groups is 2. The van der Waals surface area contributed by atoms with E-state index in [4.69, 9.17) is 24.1 Å². The largest absolute Gasteiger partial charge is 0.491 e. The van der Waals surface area contributed by atoms with Crippen molar-refractivity contribution in [3.63, 3.8) is 0 Å². The van der Waals surface area contributed by atoms with Crippen LogP contribution < -0.4 is 10.1 Å². The number of fused-ring (bicyclic) bond motifs is 1. The van der Waals surface area contributed by atoms with Crippen molar-refractivity contribution >= 4 is 29.6 Å². The second kappa shape index (κ2) is 12.2. The van der Waals surface area contributed by atoms with Gasteiger partial charge in [-0.05, 0) is 24.6 Å². The Morgan fingerprint density at radius 1 is 0.912 bits per heavy atom. The molecule has 0 aliphatic carbocycles. The summed E-state index contributed by atoms with van der Waals surface area (Å²) >= 11 is 0. The SMILES string of the molecule is O=C(O)CCOCCOCCOCCOc1ccc2c(c1)C(=O)N(C1CCC(=O)NC1=O)C2=O. The van der Waals surface area contributed by atoms with Gasteiger partial charge in [0.25, 0.3) is 11.8 Å². The summed E-state index contributed by atoms with van der Waals surface area (Å²) in [7, 11) is 0. The molecule has 1 atom stereocenters. The Morgan fingerprint density at radius 3 is 2.18 bits per heavy atom. The average Bonchev–Trinajstić information content (AvgIpc) is 3.04. The lowest BCUT2D eigenvalue weighted by Crippen LogP contribution is -2.54.